The number of unbranched alkanes of at least 4 members (excludes halogenated alkanes) is 1. The van der Waals surface area contributed by atoms with Crippen LogP contribution in [0.5, 0.6) is 0 Å². The van der Waals surface area contributed by atoms with E-state index in [0.29, 0.717) is 0 Å². The number of likely N-dealkylation sites (N-methyl/N-ethyl adjacent to an activating group) is 1. The van der Waals surface area contributed by atoms with Gasteiger partial charge in [0.2, 0.25) is 0 Å². The molecule has 0 N–H and O–H groups in total. The van der Waals surface area contributed by atoms with E-state index in [0.717, 1.165) is 36.3 Å². The molecular weight excluding hydrogens is 306 g/mol. The molecule has 0 bridgehead atoms. The number of ether oxygens (including phenoxy) is 1. The van der Waals surface area contributed by atoms with Gasteiger partial charge in [0.15, 0.2) is 6.61 Å². The number of carbonyl (C=O) groups is 2. The largest absolute Gasteiger partial charge is 0.451 e. The molecule has 0 aromatic carbocycles. The average molecular weight is 331 g/mol. The molecule has 1 amide bonds. The molecule has 1 aromatic heterocycles. The predicted molar refractivity (Wildman–Crippen MR) is 92.1 cm³/mol. The van der Waals surface area contributed by atoms with Gasteiger partial charge in [0.1, 0.15) is 11.6 Å². The Balaban J connectivity index is 2.94. The zero-order valence-corrected chi connectivity index (χ0v) is 15.0. The van der Waals surface area contributed by atoms with Crippen LogP contribution in [0.3, 0.4) is 0 Å². The monoisotopic (exact) mass is 331 g/mol. The van der Waals surface area contributed by atoms with Gasteiger partial charge >= 0.3 is 5.97 Å². The Hall–Kier alpha value is -2.55. The van der Waals surface area contributed by atoms with Crippen LogP contribution >= 0.6 is 0 Å². The second-order valence-electron chi connectivity index (χ2n) is 5.87. The van der Waals surface area contributed by atoms with E-state index in [4.69, 9.17) is 4.74 Å². The molecular formula is C18H25N3O3. The highest BCUT2D eigenvalue weighted by Crippen LogP contribution is 2.19. The Morgan fingerprint density at radius 1 is 1.38 bits per heavy atom. The lowest BCUT2D eigenvalue weighted by molar-refractivity contribution is -0.147. The lowest BCUT2D eigenvalue weighted by Crippen LogP contribution is -2.27. The third-order valence-corrected chi connectivity index (χ3v) is 3.81. The van der Waals surface area contributed by atoms with Crippen LogP contribution in [-0.4, -0.2) is 42.0 Å². The summed E-state index contributed by atoms with van der Waals surface area (Å²) in [5.41, 5.74) is 2.79. The van der Waals surface area contributed by atoms with Gasteiger partial charge in [0.25, 0.3) is 5.91 Å². The van der Waals surface area contributed by atoms with Crippen LogP contribution in [-0.2, 0) is 20.9 Å². The minimum Gasteiger partial charge on any atom is -0.451 e. The number of hydrogen-bond donors (Lipinski definition) is 0. The summed E-state index contributed by atoms with van der Waals surface area (Å²) in [6.07, 6.45) is 3.68. The number of rotatable bonds is 7. The summed E-state index contributed by atoms with van der Waals surface area (Å²) in [5.74, 6) is -1.12. The minimum atomic E-state index is -0.786. The first-order valence-electron chi connectivity index (χ1n) is 7.97. The molecule has 130 valence electrons. The van der Waals surface area contributed by atoms with Crippen LogP contribution in [0.25, 0.3) is 6.08 Å². The number of nitrogens with zero attached hydrogens (tertiary/aromatic N) is 3. The normalized spacial score (nSPS) is 11.1. The van der Waals surface area contributed by atoms with Crippen molar-refractivity contribution in [3.63, 3.8) is 0 Å². The third kappa shape index (κ3) is 4.98. The van der Waals surface area contributed by atoms with E-state index in [1.165, 1.54) is 11.0 Å². The Kier molecular flexibility index (Phi) is 7.25. The van der Waals surface area contributed by atoms with Crippen molar-refractivity contribution in [1.29, 1.82) is 5.26 Å². The molecule has 1 heterocycles. The number of aryl methyl sites for hydroxylation is 1. The van der Waals surface area contributed by atoms with Gasteiger partial charge in [-0.25, -0.2) is 4.79 Å². The van der Waals surface area contributed by atoms with E-state index in [1.54, 1.807) is 14.1 Å². The van der Waals surface area contributed by atoms with Crippen LogP contribution in [0, 0.1) is 25.2 Å². The molecule has 1 aromatic rings. The molecule has 0 aliphatic rings. The topological polar surface area (TPSA) is 75.3 Å². The van der Waals surface area contributed by atoms with Gasteiger partial charge in [-0.15, -0.1) is 0 Å². The summed E-state index contributed by atoms with van der Waals surface area (Å²) in [5, 5.41) is 9.22. The quantitative estimate of drug-likeness (QED) is 0.437. The van der Waals surface area contributed by atoms with Crippen molar-refractivity contribution < 1.29 is 14.3 Å². The first-order chi connectivity index (χ1) is 11.3. The first-order valence-corrected chi connectivity index (χ1v) is 7.97. The molecule has 0 atom stereocenters. The molecule has 6 nitrogen and oxygen atoms in total. The fourth-order valence-electron chi connectivity index (χ4n) is 2.26. The number of nitriles is 1. The fraction of sp³-hybridized carbons (Fsp3) is 0.500. The fourth-order valence-corrected chi connectivity index (χ4v) is 2.26. The van der Waals surface area contributed by atoms with Crippen LogP contribution in [0.4, 0.5) is 0 Å². The Bertz CT molecular complexity index is 678. The Morgan fingerprint density at radius 2 is 2.04 bits per heavy atom. The van der Waals surface area contributed by atoms with Crippen LogP contribution < -0.4 is 0 Å². The summed E-state index contributed by atoms with van der Waals surface area (Å²) >= 11 is 0. The van der Waals surface area contributed by atoms with E-state index in [1.807, 2.05) is 26.0 Å². The predicted octanol–water partition coefficient (Wildman–Crippen LogP) is 2.44. The molecule has 0 aliphatic carbocycles. The zero-order chi connectivity index (χ0) is 18.3. The Morgan fingerprint density at radius 3 is 2.58 bits per heavy atom. The maximum atomic E-state index is 12.0. The molecule has 24 heavy (non-hydrogen) atoms. The average Bonchev–Trinajstić information content (AvgIpc) is 2.81. The molecule has 0 saturated carbocycles. The molecule has 0 aliphatic heterocycles. The van der Waals surface area contributed by atoms with Crippen molar-refractivity contribution in [2.45, 2.75) is 40.2 Å². The van der Waals surface area contributed by atoms with Crippen molar-refractivity contribution in [2.75, 3.05) is 20.7 Å². The van der Waals surface area contributed by atoms with Crippen LogP contribution in [0.15, 0.2) is 11.6 Å². The van der Waals surface area contributed by atoms with Gasteiger partial charge in [-0.2, -0.15) is 5.26 Å². The zero-order valence-electron chi connectivity index (χ0n) is 15.0. The molecule has 0 fully saturated rings. The van der Waals surface area contributed by atoms with Crippen molar-refractivity contribution in [3.05, 3.63) is 28.6 Å². The summed E-state index contributed by atoms with van der Waals surface area (Å²) in [4.78, 5) is 24.8. The second-order valence-corrected chi connectivity index (χ2v) is 5.87. The standard InChI is InChI=1S/C18H25N3O3/c1-6-7-8-21-13(2)9-15(14(21)3)10-16(11-19)18(23)24-12-17(22)20(4)5/h9-10H,6-8,12H2,1-5H3/b16-10+. The van der Waals surface area contributed by atoms with E-state index >= 15 is 0 Å². The van der Waals surface area contributed by atoms with E-state index in [-0.39, 0.29) is 18.1 Å². The summed E-state index contributed by atoms with van der Waals surface area (Å²) in [6.45, 7) is 6.63. The molecule has 1 rings (SSSR count). The van der Waals surface area contributed by atoms with Gasteiger partial charge < -0.3 is 14.2 Å². The van der Waals surface area contributed by atoms with Crippen LogP contribution in [0.1, 0.15) is 36.7 Å². The van der Waals surface area contributed by atoms with Crippen molar-refractivity contribution in [2.24, 2.45) is 0 Å². The number of amides is 1. The van der Waals surface area contributed by atoms with E-state index < -0.39 is 5.97 Å². The van der Waals surface area contributed by atoms with E-state index in [9.17, 15) is 14.9 Å². The lowest BCUT2D eigenvalue weighted by atomic mass is 10.1. The molecule has 0 unspecified atom stereocenters. The first kappa shape index (κ1) is 19.5. The van der Waals surface area contributed by atoms with Gasteiger partial charge in [-0.05, 0) is 38.0 Å². The van der Waals surface area contributed by atoms with Gasteiger partial charge in [-0.3, -0.25) is 4.79 Å². The van der Waals surface area contributed by atoms with E-state index in [2.05, 4.69) is 11.5 Å². The SMILES string of the molecule is CCCCn1c(C)cc(/C=C(\C#N)C(=O)OCC(=O)N(C)C)c1C. The highest BCUT2D eigenvalue weighted by Gasteiger charge is 2.16. The number of carbonyl (C=O) groups excluding carboxylic acids is 2. The summed E-state index contributed by atoms with van der Waals surface area (Å²) in [6, 6.07) is 3.80. The van der Waals surface area contributed by atoms with Crippen molar-refractivity contribution in [1.82, 2.24) is 9.47 Å². The van der Waals surface area contributed by atoms with Gasteiger partial charge in [-0.1, -0.05) is 13.3 Å². The lowest BCUT2D eigenvalue weighted by Gasteiger charge is -2.10. The Labute approximate surface area is 143 Å². The number of aromatic nitrogens is 1. The highest BCUT2D eigenvalue weighted by molar-refractivity contribution is 5.99. The van der Waals surface area contributed by atoms with Crippen LogP contribution in [0.2, 0.25) is 0 Å². The van der Waals surface area contributed by atoms with Crippen molar-refractivity contribution >= 4 is 18.0 Å². The third-order valence-electron chi connectivity index (χ3n) is 3.81. The maximum absolute atomic E-state index is 12.0. The second kappa shape index (κ2) is 8.92. The molecule has 6 heteroatoms. The molecule has 0 spiro atoms. The maximum Gasteiger partial charge on any atom is 0.349 e. The molecule has 0 saturated heterocycles. The molecule has 0 radical (unpaired) electrons. The minimum absolute atomic E-state index is 0.114. The van der Waals surface area contributed by atoms with Gasteiger partial charge in [0, 0.05) is 32.0 Å². The number of esters is 1. The van der Waals surface area contributed by atoms with Crippen molar-refractivity contribution in [3.8, 4) is 6.07 Å². The van der Waals surface area contributed by atoms with Gasteiger partial charge in [0.05, 0.1) is 0 Å². The smallest absolute Gasteiger partial charge is 0.349 e. The summed E-state index contributed by atoms with van der Waals surface area (Å²) < 4.78 is 7.08. The highest BCUT2D eigenvalue weighted by atomic mass is 16.5. The number of hydrogen-bond acceptors (Lipinski definition) is 4. The summed E-state index contributed by atoms with van der Waals surface area (Å²) in [7, 11) is 3.14.